The molecule has 2 saturated heterocycles. The first kappa shape index (κ1) is 42.4. The minimum Gasteiger partial charge on any atom is -0.462 e. The largest absolute Gasteiger partial charge is 0.462 e. The molecule has 1 N–H and O–H groups in total. The van der Waals surface area contributed by atoms with Gasteiger partial charge in [-0.15, -0.1) is 0 Å². The standard InChI is InChI=1S/C40H47ClFN3O11/c1-21-10-9-11-31(53-8)40(50)19-30(54-34(47)20-40)23(3)36-39(5,56-36)32(18-33(46)44(7)29-16-25(14-21)15-22(2)35(29)41)55-38(49)24(4)43(6)37(48)27-13-12-26(45(51)52)17-28(27)42/h9-13,15-17,23-24,30-32,36,50H,14,18-20H2,1-8H3/b11-9+,21-10+/t23-,24+,30+,31-,32+,36+,39+,40-/m1/s1. The Bertz CT molecular complexity index is 1990. The van der Waals surface area contributed by atoms with Crippen LogP contribution in [0.5, 0.6) is 0 Å². The quantitative estimate of drug-likeness (QED) is 0.171. The lowest BCUT2D eigenvalue weighted by molar-refractivity contribution is -0.385. The van der Waals surface area contributed by atoms with Crippen molar-refractivity contribution in [2.24, 2.45) is 5.92 Å². The number of rotatable bonds is 6. The van der Waals surface area contributed by atoms with Crippen LogP contribution in [0.1, 0.15) is 68.4 Å². The molecule has 3 aliphatic rings. The molecule has 0 radical (unpaired) electrons. The highest BCUT2D eigenvalue weighted by Gasteiger charge is 2.64. The minimum atomic E-state index is -1.63. The molecule has 4 bridgehead atoms. The molecule has 16 heteroatoms. The maximum Gasteiger partial charge on any atom is 0.328 e. The van der Waals surface area contributed by atoms with Gasteiger partial charge in [0, 0.05) is 39.6 Å². The number of nitro groups is 1. The molecule has 3 heterocycles. The zero-order valence-electron chi connectivity index (χ0n) is 32.5. The number of nitro benzene ring substituents is 1. The van der Waals surface area contributed by atoms with E-state index in [-0.39, 0.29) is 12.8 Å². The maximum atomic E-state index is 14.8. The molecule has 2 fully saturated rings. The van der Waals surface area contributed by atoms with Gasteiger partial charge in [0.1, 0.15) is 41.4 Å². The molecule has 0 aliphatic carbocycles. The zero-order valence-corrected chi connectivity index (χ0v) is 33.3. The van der Waals surface area contributed by atoms with Gasteiger partial charge in [0.25, 0.3) is 11.6 Å². The minimum absolute atomic E-state index is 0.000265. The van der Waals surface area contributed by atoms with Crippen molar-refractivity contribution >= 4 is 46.7 Å². The van der Waals surface area contributed by atoms with Crippen molar-refractivity contribution in [2.75, 3.05) is 26.1 Å². The number of carbonyl (C=O) groups is 4. The lowest BCUT2D eigenvalue weighted by Crippen LogP contribution is -2.53. The third-order valence-corrected chi connectivity index (χ3v) is 11.6. The predicted octanol–water partition coefficient (Wildman–Crippen LogP) is 5.43. The van der Waals surface area contributed by atoms with Crippen molar-refractivity contribution in [2.45, 2.75) is 102 Å². The average Bonchev–Trinajstić information content (AvgIpc) is 3.83. The van der Waals surface area contributed by atoms with Gasteiger partial charge >= 0.3 is 11.9 Å². The summed E-state index contributed by atoms with van der Waals surface area (Å²) >= 11 is 6.75. The lowest BCUT2D eigenvalue weighted by atomic mass is 9.78. The molecule has 2 aromatic rings. The van der Waals surface area contributed by atoms with Gasteiger partial charge in [-0.05, 0) is 57.4 Å². The van der Waals surface area contributed by atoms with Crippen LogP contribution in [0, 0.1) is 28.8 Å². The molecule has 0 saturated carbocycles. The number of benzene rings is 2. The van der Waals surface area contributed by atoms with Crippen molar-refractivity contribution < 1.29 is 52.5 Å². The number of hydrogen-bond donors (Lipinski definition) is 1. The normalized spacial score (nSPS) is 30.2. The molecular weight excluding hydrogens is 753 g/mol. The van der Waals surface area contributed by atoms with Gasteiger partial charge in [-0.3, -0.25) is 24.5 Å². The second kappa shape index (κ2) is 16.4. The Morgan fingerprint density at radius 1 is 1.21 bits per heavy atom. The smallest absolute Gasteiger partial charge is 0.328 e. The van der Waals surface area contributed by atoms with Crippen LogP contribution >= 0.6 is 11.6 Å². The summed E-state index contributed by atoms with van der Waals surface area (Å²) in [6, 6.07) is 4.94. The van der Waals surface area contributed by atoms with Gasteiger partial charge in [0.05, 0.1) is 46.2 Å². The molecule has 14 nitrogen and oxygen atoms in total. The number of methoxy groups -OCH3 is 1. The van der Waals surface area contributed by atoms with Crippen molar-refractivity contribution in [1.29, 1.82) is 0 Å². The molecule has 0 spiro atoms. The van der Waals surface area contributed by atoms with Crippen molar-refractivity contribution in [3.8, 4) is 0 Å². The Hall–Kier alpha value is -4.70. The SMILES string of the molecule is CO[C@@H]1/C=C/C=C(\C)Cc2cc(C)c(Cl)c(c2)N(C)C(=O)C[C@H](OC(=O)[C@H](C)N(C)C(=O)c2ccc([N+](=O)[O-])cc2F)[C@]2(C)O[C@H]2[C@H](C)[C@@H]2C[C@@]1(O)CC(=O)O2. The van der Waals surface area contributed by atoms with Crippen LogP contribution in [0.4, 0.5) is 15.8 Å². The second-order valence-corrected chi connectivity index (χ2v) is 15.5. The number of amides is 2. The van der Waals surface area contributed by atoms with E-state index in [0.717, 1.165) is 33.7 Å². The summed E-state index contributed by atoms with van der Waals surface area (Å²) in [6.07, 6.45) is 1.40. The molecule has 56 heavy (non-hydrogen) atoms. The van der Waals surface area contributed by atoms with Gasteiger partial charge in [-0.2, -0.15) is 0 Å². The number of esters is 2. The van der Waals surface area contributed by atoms with E-state index in [9.17, 15) is 38.8 Å². The van der Waals surface area contributed by atoms with E-state index in [0.29, 0.717) is 23.2 Å². The monoisotopic (exact) mass is 799 g/mol. The fourth-order valence-electron chi connectivity index (χ4n) is 7.45. The third-order valence-electron chi connectivity index (χ3n) is 11.1. The number of hydrogen-bond acceptors (Lipinski definition) is 11. The van der Waals surface area contributed by atoms with E-state index in [1.54, 1.807) is 39.1 Å². The van der Waals surface area contributed by atoms with Crippen LogP contribution in [0.25, 0.3) is 0 Å². The Balaban J connectivity index is 1.50. The van der Waals surface area contributed by atoms with Crippen molar-refractivity contribution in [3.63, 3.8) is 0 Å². The summed E-state index contributed by atoms with van der Waals surface area (Å²) < 4.78 is 38.4. The lowest BCUT2D eigenvalue weighted by Gasteiger charge is -2.41. The number of carbonyl (C=O) groups excluding carboxylic acids is 4. The Kier molecular flexibility index (Phi) is 12.4. The van der Waals surface area contributed by atoms with E-state index in [2.05, 4.69) is 0 Å². The second-order valence-electron chi connectivity index (χ2n) is 15.2. The molecule has 3 aliphatic heterocycles. The number of nitrogens with zero attached hydrogens (tertiary/aromatic N) is 3. The van der Waals surface area contributed by atoms with Crippen molar-refractivity contribution in [3.05, 3.63) is 91.8 Å². The average molecular weight is 800 g/mol. The summed E-state index contributed by atoms with van der Waals surface area (Å²) in [7, 11) is 4.24. The third kappa shape index (κ3) is 8.65. The van der Waals surface area contributed by atoms with Crippen LogP contribution in [-0.4, -0.2) is 102 Å². The van der Waals surface area contributed by atoms with Gasteiger partial charge in [0.2, 0.25) is 5.91 Å². The number of likely N-dealkylation sites (N-methyl/N-ethyl adjacent to an activating group) is 1. The topological polar surface area (TPSA) is 178 Å². The summed E-state index contributed by atoms with van der Waals surface area (Å²) in [6.45, 7) is 8.52. The van der Waals surface area contributed by atoms with Crippen LogP contribution in [0.3, 0.4) is 0 Å². The fourth-order valence-corrected chi connectivity index (χ4v) is 7.69. The number of halogens is 2. The maximum absolute atomic E-state index is 14.8. The van der Waals surface area contributed by atoms with Gasteiger partial charge in [0.15, 0.2) is 0 Å². The number of anilines is 1. The molecule has 0 unspecified atom stereocenters. The first-order chi connectivity index (χ1) is 26.2. The summed E-state index contributed by atoms with van der Waals surface area (Å²) in [5.41, 5.74) is -1.02. The van der Waals surface area contributed by atoms with E-state index in [1.165, 1.54) is 26.0 Å². The van der Waals surface area contributed by atoms with Gasteiger partial charge in [-0.25, -0.2) is 9.18 Å². The molecule has 2 amide bonds. The summed E-state index contributed by atoms with van der Waals surface area (Å²) in [5, 5.41) is 23.3. The number of aliphatic hydroxyl groups is 1. The summed E-state index contributed by atoms with van der Waals surface area (Å²) in [4.78, 5) is 66.8. The molecule has 5 rings (SSSR count). The summed E-state index contributed by atoms with van der Waals surface area (Å²) in [5.74, 6) is -4.73. The number of ether oxygens (including phenoxy) is 4. The molecule has 0 aromatic heterocycles. The van der Waals surface area contributed by atoms with E-state index < -0.39 is 99.7 Å². The zero-order chi connectivity index (χ0) is 41.4. The number of non-ortho nitro benzene ring substituents is 1. The molecule has 8 atom stereocenters. The van der Waals surface area contributed by atoms with Crippen molar-refractivity contribution in [1.82, 2.24) is 4.90 Å². The van der Waals surface area contributed by atoms with E-state index >= 15 is 0 Å². The van der Waals surface area contributed by atoms with Gasteiger partial charge < -0.3 is 33.9 Å². The molecular formula is C40H47ClFN3O11. The van der Waals surface area contributed by atoms with Crippen LogP contribution < -0.4 is 4.90 Å². The van der Waals surface area contributed by atoms with Gasteiger partial charge in [-0.1, -0.05) is 48.4 Å². The molecule has 302 valence electrons. The highest BCUT2D eigenvalue weighted by atomic mass is 35.5. The highest BCUT2D eigenvalue weighted by molar-refractivity contribution is 6.34. The van der Waals surface area contributed by atoms with E-state index in [1.807, 2.05) is 26.0 Å². The Morgan fingerprint density at radius 3 is 2.55 bits per heavy atom. The number of epoxide rings is 1. The Labute approximate surface area is 329 Å². The van der Waals surface area contributed by atoms with Crippen LogP contribution in [-0.2, 0) is 39.8 Å². The van der Waals surface area contributed by atoms with E-state index in [4.69, 9.17) is 30.5 Å². The number of fused-ring (bicyclic) bond motifs is 5. The van der Waals surface area contributed by atoms with Crippen LogP contribution in [0.2, 0.25) is 5.02 Å². The first-order valence-electron chi connectivity index (χ1n) is 18.1. The highest BCUT2D eigenvalue weighted by Crippen LogP contribution is 2.49. The molecule has 2 aromatic carbocycles. The van der Waals surface area contributed by atoms with Crippen LogP contribution in [0.15, 0.2) is 54.1 Å². The first-order valence-corrected chi connectivity index (χ1v) is 18.5. The number of aryl methyl sites for hydroxylation is 1. The fraction of sp³-hybridized carbons (Fsp3) is 0.500. The Morgan fingerprint density at radius 2 is 1.91 bits per heavy atom. The number of allylic oxidation sites excluding steroid dienone is 3. The predicted molar refractivity (Wildman–Crippen MR) is 203 cm³/mol.